The van der Waals surface area contributed by atoms with Gasteiger partial charge in [-0.3, -0.25) is 9.69 Å². The van der Waals surface area contributed by atoms with Crippen molar-refractivity contribution in [2.24, 2.45) is 0 Å². The highest BCUT2D eigenvalue weighted by atomic mass is 35.5. The number of hydrogen-bond acceptors (Lipinski definition) is 3. The second-order valence-corrected chi connectivity index (χ2v) is 8.31. The molecule has 2 atom stereocenters. The van der Waals surface area contributed by atoms with E-state index in [0.29, 0.717) is 22.7 Å². The first kappa shape index (κ1) is 19.3. The largest absolute Gasteiger partial charge is 0.496 e. The third kappa shape index (κ3) is 4.18. The highest BCUT2D eigenvalue weighted by Crippen LogP contribution is 2.36. The Morgan fingerprint density at radius 2 is 1.89 bits per heavy atom. The molecule has 0 spiro atoms. The molecule has 2 bridgehead atoms. The van der Waals surface area contributed by atoms with Crippen LogP contribution in [0.4, 0.5) is 0 Å². The molecular weight excluding hydrogens is 372 g/mol. The van der Waals surface area contributed by atoms with Crippen molar-refractivity contribution in [3.05, 3.63) is 64.7 Å². The van der Waals surface area contributed by atoms with Crippen LogP contribution in [0.2, 0.25) is 5.02 Å². The Labute approximate surface area is 171 Å². The van der Waals surface area contributed by atoms with Crippen molar-refractivity contribution in [2.75, 3.05) is 7.11 Å². The van der Waals surface area contributed by atoms with E-state index in [2.05, 4.69) is 22.3 Å². The van der Waals surface area contributed by atoms with Crippen molar-refractivity contribution in [1.29, 1.82) is 0 Å². The van der Waals surface area contributed by atoms with Crippen LogP contribution in [0, 0.1) is 0 Å². The van der Waals surface area contributed by atoms with Gasteiger partial charge in [0.05, 0.1) is 7.11 Å². The van der Waals surface area contributed by atoms with Crippen LogP contribution in [-0.4, -0.2) is 36.0 Å². The molecule has 0 aliphatic carbocycles. The topological polar surface area (TPSA) is 41.6 Å². The third-order valence-corrected chi connectivity index (χ3v) is 6.33. The minimum atomic E-state index is -0.0243. The lowest BCUT2D eigenvalue weighted by atomic mass is 9.81. The average Bonchev–Trinajstić information content (AvgIpc) is 2.69. The van der Waals surface area contributed by atoms with Gasteiger partial charge in [0, 0.05) is 40.8 Å². The molecule has 2 aliphatic heterocycles. The van der Waals surface area contributed by atoms with Crippen molar-refractivity contribution in [1.82, 2.24) is 10.2 Å². The van der Waals surface area contributed by atoms with Crippen molar-refractivity contribution in [2.45, 2.75) is 56.8 Å². The smallest absolute Gasteiger partial charge is 0.251 e. The van der Waals surface area contributed by atoms with Crippen molar-refractivity contribution >= 4 is 17.5 Å². The maximum atomic E-state index is 12.6. The Hall–Kier alpha value is -2.04. The van der Waals surface area contributed by atoms with Crippen LogP contribution in [0.3, 0.4) is 0 Å². The van der Waals surface area contributed by atoms with Gasteiger partial charge in [-0.2, -0.15) is 0 Å². The first-order chi connectivity index (χ1) is 13.6. The molecule has 4 nitrogen and oxygen atoms in total. The van der Waals surface area contributed by atoms with Gasteiger partial charge in [0.25, 0.3) is 5.91 Å². The summed E-state index contributed by atoms with van der Waals surface area (Å²) in [5.41, 5.74) is 1.87. The van der Waals surface area contributed by atoms with Gasteiger partial charge in [-0.25, -0.2) is 0 Å². The van der Waals surface area contributed by atoms with E-state index in [0.717, 1.165) is 25.1 Å². The minimum absolute atomic E-state index is 0.0243. The summed E-state index contributed by atoms with van der Waals surface area (Å²) >= 11 is 6.03. The lowest BCUT2D eigenvalue weighted by molar-refractivity contribution is 0.0172. The molecule has 148 valence electrons. The zero-order valence-corrected chi connectivity index (χ0v) is 17.0. The molecule has 2 saturated heterocycles. The van der Waals surface area contributed by atoms with Gasteiger partial charge in [0.1, 0.15) is 5.75 Å². The zero-order valence-electron chi connectivity index (χ0n) is 16.2. The second-order valence-electron chi connectivity index (χ2n) is 7.87. The minimum Gasteiger partial charge on any atom is -0.496 e. The number of nitrogens with one attached hydrogen (secondary N) is 1. The molecule has 5 heteroatoms. The van der Waals surface area contributed by atoms with Gasteiger partial charge in [-0.05, 0) is 49.9 Å². The lowest BCUT2D eigenvalue weighted by Crippen LogP contribution is -2.56. The fraction of sp³-hybridized carbons (Fsp3) is 0.435. The number of carbonyl (C=O) groups excluding carboxylic acids is 1. The van der Waals surface area contributed by atoms with E-state index in [1.165, 1.54) is 24.8 Å². The number of amides is 1. The van der Waals surface area contributed by atoms with Crippen LogP contribution in [-0.2, 0) is 6.54 Å². The molecule has 2 fully saturated rings. The molecule has 1 N–H and O–H groups in total. The SMILES string of the molecule is COc1ccccc1CN1C2CCCC1CC(NC(=O)c1cccc(Cl)c1)C2. The van der Waals surface area contributed by atoms with Crippen LogP contribution >= 0.6 is 11.6 Å². The molecule has 0 radical (unpaired) electrons. The summed E-state index contributed by atoms with van der Waals surface area (Å²) in [6, 6.07) is 16.7. The molecular formula is C23H27ClN2O2. The van der Waals surface area contributed by atoms with E-state index < -0.39 is 0 Å². The van der Waals surface area contributed by atoms with Gasteiger partial charge in [-0.15, -0.1) is 0 Å². The number of para-hydroxylation sites is 1. The molecule has 2 unspecified atom stereocenters. The Balaban J connectivity index is 1.44. The lowest BCUT2D eigenvalue weighted by Gasteiger charge is -2.49. The van der Waals surface area contributed by atoms with E-state index in [4.69, 9.17) is 16.3 Å². The van der Waals surface area contributed by atoms with Gasteiger partial charge in [-0.1, -0.05) is 42.3 Å². The molecule has 2 aromatic rings. The van der Waals surface area contributed by atoms with E-state index in [1.54, 1.807) is 19.2 Å². The molecule has 2 aliphatic rings. The van der Waals surface area contributed by atoms with Crippen molar-refractivity contribution in [3.8, 4) is 5.75 Å². The highest BCUT2D eigenvalue weighted by Gasteiger charge is 2.38. The van der Waals surface area contributed by atoms with Crippen LogP contribution in [0.15, 0.2) is 48.5 Å². The number of halogens is 1. The van der Waals surface area contributed by atoms with Crippen LogP contribution in [0.5, 0.6) is 5.75 Å². The number of fused-ring (bicyclic) bond motifs is 2. The van der Waals surface area contributed by atoms with Gasteiger partial charge in [0.15, 0.2) is 0 Å². The number of methoxy groups -OCH3 is 1. The molecule has 0 aromatic heterocycles. The molecule has 4 rings (SSSR count). The predicted molar refractivity (Wildman–Crippen MR) is 112 cm³/mol. The molecule has 0 saturated carbocycles. The quantitative estimate of drug-likeness (QED) is 0.796. The van der Waals surface area contributed by atoms with Crippen LogP contribution in [0.25, 0.3) is 0 Å². The monoisotopic (exact) mass is 398 g/mol. The highest BCUT2D eigenvalue weighted by molar-refractivity contribution is 6.30. The standard InChI is InChI=1S/C23H27ClN2O2/c1-28-22-11-3-2-6-17(22)15-26-20-9-5-10-21(26)14-19(13-20)25-23(27)16-7-4-8-18(24)12-16/h2-4,6-8,11-12,19-21H,5,9-10,13-15H2,1H3,(H,25,27). The fourth-order valence-electron chi connectivity index (χ4n) is 4.78. The number of rotatable bonds is 5. The number of ether oxygens (including phenoxy) is 1. The summed E-state index contributed by atoms with van der Waals surface area (Å²) in [6.07, 6.45) is 5.65. The van der Waals surface area contributed by atoms with Crippen molar-refractivity contribution in [3.63, 3.8) is 0 Å². The summed E-state index contributed by atoms with van der Waals surface area (Å²) in [4.78, 5) is 15.3. The maximum absolute atomic E-state index is 12.6. The summed E-state index contributed by atoms with van der Waals surface area (Å²) < 4.78 is 5.55. The zero-order chi connectivity index (χ0) is 19.5. The summed E-state index contributed by atoms with van der Waals surface area (Å²) in [6.45, 7) is 0.911. The third-order valence-electron chi connectivity index (χ3n) is 6.09. The summed E-state index contributed by atoms with van der Waals surface area (Å²) in [7, 11) is 1.73. The summed E-state index contributed by atoms with van der Waals surface area (Å²) in [5, 5.41) is 3.84. The summed E-state index contributed by atoms with van der Waals surface area (Å²) in [5.74, 6) is 0.931. The predicted octanol–water partition coefficient (Wildman–Crippen LogP) is 4.66. The van der Waals surface area contributed by atoms with E-state index in [9.17, 15) is 4.79 Å². The number of nitrogens with zero attached hydrogens (tertiary/aromatic N) is 1. The van der Waals surface area contributed by atoms with E-state index in [-0.39, 0.29) is 11.9 Å². The first-order valence-corrected chi connectivity index (χ1v) is 10.5. The fourth-order valence-corrected chi connectivity index (χ4v) is 4.97. The van der Waals surface area contributed by atoms with Gasteiger partial charge in [0.2, 0.25) is 0 Å². The average molecular weight is 399 g/mol. The maximum Gasteiger partial charge on any atom is 0.251 e. The van der Waals surface area contributed by atoms with Crippen LogP contribution in [0.1, 0.15) is 48.0 Å². The van der Waals surface area contributed by atoms with Crippen LogP contribution < -0.4 is 10.1 Å². The number of hydrogen-bond donors (Lipinski definition) is 1. The Kier molecular flexibility index (Phi) is 5.88. The molecule has 2 heterocycles. The molecule has 1 amide bonds. The van der Waals surface area contributed by atoms with E-state index in [1.807, 2.05) is 24.3 Å². The Bertz CT molecular complexity index is 827. The number of piperidine rings is 2. The molecule has 2 aromatic carbocycles. The number of benzene rings is 2. The molecule has 28 heavy (non-hydrogen) atoms. The normalized spacial score (nSPS) is 24.6. The van der Waals surface area contributed by atoms with Gasteiger partial charge >= 0.3 is 0 Å². The first-order valence-electron chi connectivity index (χ1n) is 10.1. The Morgan fingerprint density at radius 3 is 2.61 bits per heavy atom. The second kappa shape index (κ2) is 8.54. The number of carbonyl (C=O) groups is 1. The Morgan fingerprint density at radius 1 is 1.14 bits per heavy atom. The van der Waals surface area contributed by atoms with Crippen molar-refractivity contribution < 1.29 is 9.53 Å². The van der Waals surface area contributed by atoms with Gasteiger partial charge < -0.3 is 10.1 Å². The van der Waals surface area contributed by atoms with E-state index >= 15 is 0 Å².